The first-order chi connectivity index (χ1) is 14.6. The highest BCUT2D eigenvalue weighted by molar-refractivity contribution is 5.95. The average molecular weight is 408 g/mol. The molecule has 1 saturated heterocycles. The van der Waals surface area contributed by atoms with Crippen LogP contribution in [-0.4, -0.2) is 50.6 Å². The number of carbonyl (C=O) groups excluding carboxylic acids is 2. The first kappa shape index (κ1) is 20.3. The minimum absolute atomic E-state index is 0.0238. The summed E-state index contributed by atoms with van der Waals surface area (Å²) in [5, 5.41) is 3.10. The van der Waals surface area contributed by atoms with Gasteiger partial charge in [0.15, 0.2) is 0 Å². The maximum Gasteiger partial charge on any atom is 0.254 e. The maximum absolute atomic E-state index is 13.2. The van der Waals surface area contributed by atoms with Gasteiger partial charge in [-0.25, -0.2) is 0 Å². The van der Waals surface area contributed by atoms with Crippen molar-refractivity contribution < 1.29 is 19.1 Å². The Bertz CT molecular complexity index is 925. The Morgan fingerprint density at radius 3 is 2.40 bits per heavy atom. The zero-order valence-corrected chi connectivity index (χ0v) is 17.5. The number of nitrogens with one attached hydrogen (secondary N) is 1. The number of ether oxygens (including phenoxy) is 2. The van der Waals surface area contributed by atoms with Crippen molar-refractivity contribution in [2.45, 2.75) is 18.8 Å². The van der Waals surface area contributed by atoms with Gasteiger partial charge in [0.1, 0.15) is 11.5 Å². The number of amides is 2. The van der Waals surface area contributed by atoms with E-state index in [1.54, 1.807) is 31.3 Å². The summed E-state index contributed by atoms with van der Waals surface area (Å²) >= 11 is 0. The molecule has 1 aliphatic heterocycles. The molecule has 2 aromatic rings. The van der Waals surface area contributed by atoms with Gasteiger partial charge in [0.05, 0.1) is 20.1 Å². The predicted octanol–water partition coefficient (Wildman–Crippen LogP) is 3.09. The summed E-state index contributed by atoms with van der Waals surface area (Å²) in [6, 6.07) is 14.9. The summed E-state index contributed by atoms with van der Waals surface area (Å²) in [5.74, 6) is 1.58. The summed E-state index contributed by atoms with van der Waals surface area (Å²) in [7, 11) is 3.21. The number of hydrogen-bond acceptors (Lipinski definition) is 4. The second-order valence-electron chi connectivity index (χ2n) is 8.12. The molecule has 0 aromatic heterocycles. The number of likely N-dealkylation sites (tertiary alicyclic amines) is 1. The van der Waals surface area contributed by atoms with Gasteiger partial charge in [0.2, 0.25) is 5.91 Å². The molecule has 0 unspecified atom stereocenters. The normalized spacial score (nSPS) is 20.7. The quantitative estimate of drug-likeness (QED) is 0.765. The monoisotopic (exact) mass is 408 g/mol. The molecule has 0 bridgehead atoms. The van der Waals surface area contributed by atoms with Crippen molar-refractivity contribution in [1.82, 2.24) is 10.2 Å². The molecule has 6 heteroatoms. The van der Waals surface area contributed by atoms with Gasteiger partial charge < -0.3 is 19.7 Å². The van der Waals surface area contributed by atoms with Crippen LogP contribution in [0.25, 0.3) is 0 Å². The molecule has 0 radical (unpaired) electrons. The molecule has 2 amide bonds. The molecular weight excluding hydrogens is 380 g/mol. The average Bonchev–Trinajstić information content (AvgIpc) is 3.52. The number of carbonyl (C=O) groups is 2. The van der Waals surface area contributed by atoms with E-state index < -0.39 is 0 Å². The van der Waals surface area contributed by atoms with Gasteiger partial charge in [-0.1, -0.05) is 18.2 Å². The fourth-order valence-corrected chi connectivity index (χ4v) is 4.08. The van der Waals surface area contributed by atoms with Crippen LogP contribution in [0.3, 0.4) is 0 Å². The number of benzene rings is 2. The van der Waals surface area contributed by atoms with E-state index in [2.05, 4.69) is 5.32 Å². The van der Waals surface area contributed by atoms with Crippen molar-refractivity contribution in [1.29, 1.82) is 0 Å². The minimum atomic E-state index is -0.287. The van der Waals surface area contributed by atoms with Crippen molar-refractivity contribution in [2.75, 3.05) is 33.9 Å². The van der Waals surface area contributed by atoms with Crippen LogP contribution < -0.4 is 14.8 Å². The molecule has 1 aliphatic carbocycles. The van der Waals surface area contributed by atoms with Gasteiger partial charge in [-0.2, -0.15) is 0 Å². The molecule has 4 rings (SSSR count). The molecule has 1 N–H and O–H groups in total. The topological polar surface area (TPSA) is 67.9 Å². The van der Waals surface area contributed by atoms with E-state index in [-0.39, 0.29) is 23.7 Å². The molecule has 1 heterocycles. The molecule has 158 valence electrons. The van der Waals surface area contributed by atoms with Gasteiger partial charge in [-0.05, 0) is 54.7 Å². The molecule has 2 aliphatic rings. The fourth-order valence-electron chi connectivity index (χ4n) is 4.08. The van der Waals surface area contributed by atoms with E-state index in [4.69, 9.17) is 9.47 Å². The van der Waals surface area contributed by atoms with E-state index in [9.17, 15) is 9.59 Å². The van der Waals surface area contributed by atoms with Gasteiger partial charge in [-0.3, -0.25) is 9.59 Å². The van der Waals surface area contributed by atoms with Crippen LogP contribution in [0.15, 0.2) is 48.5 Å². The van der Waals surface area contributed by atoms with Crippen molar-refractivity contribution in [3.63, 3.8) is 0 Å². The zero-order valence-electron chi connectivity index (χ0n) is 17.5. The first-order valence-corrected chi connectivity index (χ1v) is 10.4. The molecule has 2 aromatic carbocycles. The third-order valence-electron chi connectivity index (χ3n) is 6.04. The van der Waals surface area contributed by atoms with Crippen molar-refractivity contribution in [2.24, 2.45) is 11.8 Å². The molecular formula is C24H28N2O4. The Kier molecular flexibility index (Phi) is 5.93. The van der Waals surface area contributed by atoms with Crippen LogP contribution in [0, 0.1) is 11.8 Å². The van der Waals surface area contributed by atoms with E-state index in [1.165, 1.54) is 12.8 Å². The van der Waals surface area contributed by atoms with Crippen LogP contribution in [0.5, 0.6) is 11.5 Å². The highest BCUT2D eigenvalue weighted by Gasteiger charge is 2.41. The van der Waals surface area contributed by atoms with Gasteiger partial charge in [0, 0.05) is 31.1 Å². The summed E-state index contributed by atoms with van der Waals surface area (Å²) < 4.78 is 10.6. The molecule has 30 heavy (non-hydrogen) atoms. The van der Waals surface area contributed by atoms with Crippen molar-refractivity contribution in [3.8, 4) is 11.5 Å². The van der Waals surface area contributed by atoms with Crippen LogP contribution >= 0.6 is 0 Å². The van der Waals surface area contributed by atoms with Crippen LogP contribution in [0.4, 0.5) is 0 Å². The maximum atomic E-state index is 13.2. The van der Waals surface area contributed by atoms with E-state index in [1.807, 2.05) is 36.4 Å². The second-order valence-corrected chi connectivity index (χ2v) is 8.12. The smallest absolute Gasteiger partial charge is 0.254 e. The lowest BCUT2D eigenvalue weighted by Gasteiger charge is -2.18. The Labute approximate surface area is 177 Å². The van der Waals surface area contributed by atoms with Gasteiger partial charge >= 0.3 is 0 Å². The SMILES string of the molecule is COc1cccc(C(=O)N2C[C@@H](C(=O)NCC3CC3)[C@H](c3cccc(OC)c3)C2)c1. The third-order valence-corrected chi connectivity index (χ3v) is 6.04. The lowest BCUT2D eigenvalue weighted by molar-refractivity contribution is -0.125. The second kappa shape index (κ2) is 8.78. The van der Waals surface area contributed by atoms with Crippen LogP contribution in [0.1, 0.15) is 34.7 Å². The summed E-state index contributed by atoms with van der Waals surface area (Å²) in [5.41, 5.74) is 1.58. The Morgan fingerprint density at radius 1 is 1.00 bits per heavy atom. The Morgan fingerprint density at radius 2 is 1.70 bits per heavy atom. The number of rotatable bonds is 7. The van der Waals surface area contributed by atoms with E-state index in [0.29, 0.717) is 30.3 Å². The van der Waals surface area contributed by atoms with Crippen molar-refractivity contribution >= 4 is 11.8 Å². The van der Waals surface area contributed by atoms with E-state index in [0.717, 1.165) is 17.9 Å². The molecule has 1 saturated carbocycles. The van der Waals surface area contributed by atoms with Gasteiger partial charge in [0.25, 0.3) is 5.91 Å². The standard InChI is InChI=1S/C24H28N2O4/c1-29-19-7-3-5-17(11-19)21-14-26(15-22(21)23(27)25-13-16-9-10-16)24(28)18-6-4-8-20(12-18)30-2/h3-8,11-12,16,21-22H,9-10,13-15H2,1-2H3,(H,25,27)/t21-,22+/m0/s1. The number of methoxy groups -OCH3 is 2. The Hall–Kier alpha value is -3.02. The summed E-state index contributed by atoms with van der Waals surface area (Å²) in [6.07, 6.45) is 2.37. The number of nitrogens with zero attached hydrogens (tertiary/aromatic N) is 1. The molecule has 6 nitrogen and oxygen atoms in total. The lowest BCUT2D eigenvalue weighted by atomic mass is 9.88. The molecule has 0 spiro atoms. The lowest BCUT2D eigenvalue weighted by Crippen LogP contribution is -2.36. The third kappa shape index (κ3) is 4.42. The van der Waals surface area contributed by atoms with Crippen LogP contribution in [-0.2, 0) is 4.79 Å². The highest BCUT2D eigenvalue weighted by atomic mass is 16.5. The summed E-state index contributed by atoms with van der Waals surface area (Å²) in [6.45, 7) is 1.61. The number of hydrogen-bond donors (Lipinski definition) is 1. The van der Waals surface area contributed by atoms with E-state index >= 15 is 0 Å². The molecule has 2 fully saturated rings. The van der Waals surface area contributed by atoms with Gasteiger partial charge in [-0.15, -0.1) is 0 Å². The minimum Gasteiger partial charge on any atom is -0.497 e. The fraction of sp³-hybridized carbons (Fsp3) is 0.417. The Balaban J connectivity index is 1.57. The largest absolute Gasteiger partial charge is 0.497 e. The first-order valence-electron chi connectivity index (χ1n) is 10.4. The zero-order chi connectivity index (χ0) is 21.1. The molecule has 2 atom stereocenters. The van der Waals surface area contributed by atoms with Crippen molar-refractivity contribution in [3.05, 3.63) is 59.7 Å². The summed E-state index contributed by atoms with van der Waals surface area (Å²) in [4.78, 5) is 28.0. The predicted molar refractivity (Wildman–Crippen MR) is 114 cm³/mol. The van der Waals surface area contributed by atoms with Crippen LogP contribution in [0.2, 0.25) is 0 Å². The highest BCUT2D eigenvalue weighted by Crippen LogP contribution is 2.36.